The first-order chi connectivity index (χ1) is 28.1. The fourth-order valence-corrected chi connectivity index (χ4v) is 9.12. The zero-order chi connectivity index (χ0) is 41.9. The van der Waals surface area contributed by atoms with E-state index in [-0.39, 0.29) is 49.4 Å². The molecule has 0 spiro atoms. The van der Waals surface area contributed by atoms with Crippen LogP contribution in [-0.2, 0) is 33.9 Å². The predicted octanol–water partition coefficient (Wildman–Crippen LogP) is 4.37. The van der Waals surface area contributed by atoms with Gasteiger partial charge in [0.15, 0.2) is 22.7 Å². The number of rotatable bonds is 7. The van der Waals surface area contributed by atoms with Gasteiger partial charge in [0.2, 0.25) is 21.8 Å². The molecular weight excluding hydrogens is 790 g/mol. The summed E-state index contributed by atoms with van der Waals surface area (Å²) in [7, 11) is -2.46. The number of nitrogens with zero attached hydrogens (tertiary/aromatic N) is 2. The number of para-hydroxylation sites is 1. The average Bonchev–Trinajstić information content (AvgIpc) is 4.07. The van der Waals surface area contributed by atoms with Gasteiger partial charge in [-0.2, -0.15) is 0 Å². The zero-order valence-corrected chi connectivity index (χ0v) is 33.9. The molecule has 3 fully saturated rings. The van der Waals surface area contributed by atoms with Gasteiger partial charge in [0.05, 0.1) is 36.4 Å². The Kier molecular flexibility index (Phi) is 10.4. The number of hydrogen-bond donors (Lipinski definition) is 3. The van der Waals surface area contributed by atoms with Crippen molar-refractivity contribution < 1.29 is 55.4 Å². The van der Waals surface area contributed by atoms with Crippen molar-refractivity contribution in [2.75, 3.05) is 26.9 Å². The molecule has 5 atom stereocenters. The van der Waals surface area contributed by atoms with Crippen LogP contribution in [0.2, 0.25) is 0 Å². The van der Waals surface area contributed by atoms with E-state index in [2.05, 4.69) is 15.4 Å². The molecular formula is C41H46FN5O11S. The summed E-state index contributed by atoms with van der Waals surface area (Å²) < 4.78 is 72.5. The molecule has 0 bridgehead atoms. The Labute approximate surface area is 339 Å². The summed E-state index contributed by atoms with van der Waals surface area (Å²) in [6.45, 7) is 4.83. The van der Waals surface area contributed by atoms with Crippen LogP contribution in [0, 0.1) is 11.7 Å². The number of amides is 4. The number of halogens is 1. The van der Waals surface area contributed by atoms with Gasteiger partial charge in [0.25, 0.3) is 5.91 Å². The van der Waals surface area contributed by atoms with Gasteiger partial charge in [0.1, 0.15) is 40.7 Å². The Morgan fingerprint density at radius 3 is 2.64 bits per heavy atom. The van der Waals surface area contributed by atoms with E-state index >= 15 is 0 Å². The van der Waals surface area contributed by atoms with E-state index < -0.39 is 80.2 Å². The van der Waals surface area contributed by atoms with Gasteiger partial charge in [-0.25, -0.2) is 22.6 Å². The largest absolute Gasteiger partial charge is 0.493 e. The van der Waals surface area contributed by atoms with Crippen molar-refractivity contribution in [1.82, 2.24) is 25.2 Å². The molecule has 314 valence electrons. The van der Waals surface area contributed by atoms with Crippen molar-refractivity contribution in [3.63, 3.8) is 0 Å². The number of aromatic nitrogens is 1. The topological polar surface area (TPSA) is 205 Å². The summed E-state index contributed by atoms with van der Waals surface area (Å²) in [5, 5.41) is 5.75. The molecule has 2 aliphatic carbocycles. The summed E-state index contributed by atoms with van der Waals surface area (Å²) in [4.78, 5) is 62.0. The smallest absolute Gasteiger partial charge is 0.408 e. The predicted molar refractivity (Wildman–Crippen MR) is 211 cm³/mol. The van der Waals surface area contributed by atoms with Crippen LogP contribution >= 0.6 is 0 Å². The maximum Gasteiger partial charge on any atom is 0.408 e. The highest BCUT2D eigenvalue weighted by Gasteiger charge is 2.62. The molecule has 1 saturated heterocycles. The second-order valence-electron chi connectivity index (χ2n) is 16.5. The molecule has 59 heavy (non-hydrogen) atoms. The Bertz CT molecular complexity index is 2500. The third-order valence-corrected chi connectivity index (χ3v) is 12.7. The monoisotopic (exact) mass is 835 g/mol. The lowest BCUT2D eigenvalue weighted by atomic mass is 10.1. The number of fused-ring (bicyclic) bond motifs is 6. The van der Waals surface area contributed by atoms with Crippen molar-refractivity contribution >= 4 is 66.8 Å². The second-order valence-corrected chi connectivity index (χ2v) is 18.5. The first kappa shape index (κ1) is 40.3. The van der Waals surface area contributed by atoms with E-state index in [0.717, 1.165) is 0 Å². The molecule has 18 heteroatoms. The van der Waals surface area contributed by atoms with Crippen LogP contribution in [0.1, 0.15) is 59.3 Å². The normalized spacial score (nSPS) is 25.9. The van der Waals surface area contributed by atoms with Crippen molar-refractivity contribution in [1.29, 1.82) is 0 Å². The number of pyridine rings is 1. The Morgan fingerprint density at radius 1 is 1.10 bits per heavy atom. The number of ether oxygens (including phenoxy) is 4. The van der Waals surface area contributed by atoms with Gasteiger partial charge in [-0.3, -0.25) is 19.1 Å². The number of carbonyl (C=O) groups is 4. The maximum absolute atomic E-state index is 14.6. The Balaban J connectivity index is 1.17. The van der Waals surface area contributed by atoms with Gasteiger partial charge in [0, 0.05) is 30.4 Å². The summed E-state index contributed by atoms with van der Waals surface area (Å²) >= 11 is 0. The summed E-state index contributed by atoms with van der Waals surface area (Å²) in [6, 6.07) is 6.71. The lowest BCUT2D eigenvalue weighted by Gasteiger charge is -2.30. The number of furan rings is 1. The highest BCUT2D eigenvalue weighted by Crippen LogP contribution is 2.47. The van der Waals surface area contributed by atoms with E-state index in [9.17, 15) is 32.0 Å². The number of nitrogens with one attached hydrogen (secondary N) is 3. The van der Waals surface area contributed by atoms with Crippen molar-refractivity contribution in [3.8, 4) is 11.5 Å². The number of methoxy groups -OCH3 is 1. The Morgan fingerprint density at radius 2 is 1.90 bits per heavy atom. The van der Waals surface area contributed by atoms with Gasteiger partial charge in [-0.05, 0) is 77.1 Å². The van der Waals surface area contributed by atoms with Crippen LogP contribution in [0.5, 0.6) is 11.5 Å². The van der Waals surface area contributed by atoms with Gasteiger partial charge in [-0.15, -0.1) is 0 Å². The molecule has 8 rings (SSSR count). The van der Waals surface area contributed by atoms with Crippen LogP contribution in [0.3, 0.4) is 0 Å². The second kappa shape index (κ2) is 15.3. The molecule has 4 heterocycles. The quantitative estimate of drug-likeness (QED) is 0.222. The first-order valence-corrected chi connectivity index (χ1v) is 21.2. The average molecular weight is 836 g/mol. The molecule has 2 saturated carbocycles. The minimum atomic E-state index is -3.96. The van der Waals surface area contributed by atoms with Crippen LogP contribution in [0.4, 0.5) is 9.18 Å². The fourth-order valence-electron chi connectivity index (χ4n) is 7.75. The van der Waals surface area contributed by atoms with Crippen molar-refractivity contribution in [2.24, 2.45) is 5.92 Å². The van der Waals surface area contributed by atoms with Crippen LogP contribution < -0.4 is 24.8 Å². The number of hydrogen-bond acceptors (Lipinski definition) is 12. The van der Waals surface area contributed by atoms with E-state index in [0.29, 0.717) is 53.3 Å². The number of carbonyl (C=O) groups excluding carboxylic acids is 4. The first-order valence-electron chi connectivity index (χ1n) is 19.6. The van der Waals surface area contributed by atoms with E-state index in [1.54, 1.807) is 45.0 Å². The maximum atomic E-state index is 14.6. The Hall–Kier alpha value is -5.49. The van der Waals surface area contributed by atoms with Crippen LogP contribution in [-0.4, -0.2) is 104 Å². The fraction of sp³-hybridized carbons (Fsp3) is 0.488. The number of benzene rings is 2. The van der Waals surface area contributed by atoms with Gasteiger partial charge in [-0.1, -0.05) is 18.2 Å². The highest BCUT2D eigenvalue weighted by molar-refractivity contribution is 7.91. The molecule has 4 aliphatic rings. The molecule has 2 aromatic carbocycles. The highest BCUT2D eigenvalue weighted by atomic mass is 32.2. The lowest BCUT2D eigenvalue weighted by molar-refractivity contribution is -0.142. The van der Waals surface area contributed by atoms with Crippen molar-refractivity contribution in [2.45, 2.75) is 93.9 Å². The van der Waals surface area contributed by atoms with Crippen LogP contribution in [0.15, 0.2) is 53.0 Å². The van der Waals surface area contributed by atoms with Crippen molar-refractivity contribution in [3.05, 3.63) is 54.4 Å². The van der Waals surface area contributed by atoms with E-state index in [1.807, 2.05) is 6.08 Å². The minimum absolute atomic E-state index is 0.105. The van der Waals surface area contributed by atoms with Gasteiger partial charge < -0.3 is 38.9 Å². The van der Waals surface area contributed by atoms with Gasteiger partial charge >= 0.3 is 6.09 Å². The van der Waals surface area contributed by atoms with E-state index in [4.69, 9.17) is 28.3 Å². The molecule has 0 unspecified atom stereocenters. The standard InChI is InChI=1S/C41H46FN5O11S/c1-40(2,3)58-39(51)44-29-21-55-16-7-5-6-9-22-19-41(22,38(50)46-59(52,53)25-13-14-25)45-36(48)30-18-24(20-47(30)37(29)49)56-34-26-15-12-23(42)17-28(26)43-32-27-10-8-11-31(54-4)33(27)57-35(32)34/h6,8-12,15,17,22,24-25,29-30H,5,7,13-14,16,18-21H2,1-4H3,(H,44,51)(H,45,48)(H,46,50)/b9-6-/t22-,24+,29-,30-,41+/m0/s1. The summed E-state index contributed by atoms with van der Waals surface area (Å²) in [5.74, 6) is -2.71. The van der Waals surface area contributed by atoms with Crippen LogP contribution in [0.25, 0.3) is 33.0 Å². The molecule has 0 radical (unpaired) electrons. The molecule has 3 N–H and O–H groups in total. The van der Waals surface area contributed by atoms with E-state index in [1.165, 1.54) is 30.2 Å². The zero-order valence-electron chi connectivity index (χ0n) is 33.0. The molecule has 4 amide bonds. The number of allylic oxidation sites excluding steroid dienone is 1. The lowest BCUT2D eigenvalue weighted by Crippen LogP contribution is -2.59. The third-order valence-electron chi connectivity index (χ3n) is 10.9. The third kappa shape index (κ3) is 8.11. The SMILES string of the molecule is COc1cccc2c1oc1c(O[C@@H]3C[C@H]4C(=O)N[C@]5(C(=O)NS(=O)(=O)C6CC6)C[C@@H]5/C=C\CCCOC[C@H](NC(=O)OC(C)(C)C)C(=O)N4C3)c3ccc(F)cc3nc12. The summed E-state index contributed by atoms with van der Waals surface area (Å²) in [6.07, 6.45) is 3.81. The molecule has 4 aromatic rings. The summed E-state index contributed by atoms with van der Waals surface area (Å²) in [5.41, 5.74) is -1.25. The molecule has 16 nitrogen and oxygen atoms in total. The number of alkyl carbamates (subject to hydrolysis) is 1. The number of sulfonamides is 1. The molecule has 2 aromatic heterocycles. The molecule has 2 aliphatic heterocycles. The minimum Gasteiger partial charge on any atom is -0.493 e.